The topological polar surface area (TPSA) is 59.3 Å². The first kappa shape index (κ1) is 13.6. The molecule has 2 heterocycles. The van der Waals surface area contributed by atoms with Crippen molar-refractivity contribution < 1.29 is 4.79 Å². The highest BCUT2D eigenvalue weighted by Crippen LogP contribution is 2.15. The Morgan fingerprint density at radius 2 is 1.95 bits per heavy atom. The zero-order chi connectivity index (χ0) is 14.7. The lowest BCUT2D eigenvalue weighted by Crippen LogP contribution is -2.25. The summed E-state index contributed by atoms with van der Waals surface area (Å²) >= 11 is 6.04. The Labute approximate surface area is 126 Å². The summed E-state index contributed by atoms with van der Waals surface area (Å²) in [5.41, 5.74) is 1.57. The smallest absolute Gasteiger partial charge is 0.224 e. The predicted octanol–water partition coefficient (Wildman–Crippen LogP) is 2.24. The number of nitrogens with zero attached hydrogens (tertiary/aromatic N) is 3. The summed E-state index contributed by atoms with van der Waals surface area (Å²) < 4.78 is 1.84. The van der Waals surface area contributed by atoms with Gasteiger partial charge in [0.2, 0.25) is 5.91 Å². The van der Waals surface area contributed by atoms with E-state index in [2.05, 4.69) is 15.5 Å². The van der Waals surface area contributed by atoms with E-state index in [-0.39, 0.29) is 12.3 Å². The second-order valence-electron chi connectivity index (χ2n) is 4.59. The molecule has 0 fully saturated rings. The van der Waals surface area contributed by atoms with Gasteiger partial charge in [0.05, 0.1) is 13.0 Å². The molecule has 21 heavy (non-hydrogen) atoms. The van der Waals surface area contributed by atoms with Crippen LogP contribution >= 0.6 is 11.6 Å². The molecule has 0 atom stereocenters. The van der Waals surface area contributed by atoms with Crippen LogP contribution in [0.1, 0.15) is 11.4 Å². The number of amides is 1. The highest BCUT2D eigenvalue weighted by molar-refractivity contribution is 6.31. The Kier molecular flexibility index (Phi) is 3.83. The number of hydrogen-bond acceptors (Lipinski definition) is 3. The molecule has 2 aromatic heterocycles. The fourth-order valence-electron chi connectivity index (χ4n) is 2.07. The minimum atomic E-state index is -0.101. The SMILES string of the molecule is O=C(Cc1ccccc1Cl)NCc1nnc2ccccn12. The van der Waals surface area contributed by atoms with Gasteiger partial charge < -0.3 is 5.32 Å². The Bertz CT molecular complexity index is 784. The molecule has 5 nitrogen and oxygen atoms in total. The quantitative estimate of drug-likeness (QED) is 0.804. The first-order chi connectivity index (χ1) is 10.2. The number of rotatable bonds is 4. The van der Waals surface area contributed by atoms with Gasteiger partial charge in [-0.15, -0.1) is 10.2 Å². The number of hydrogen-bond donors (Lipinski definition) is 1. The van der Waals surface area contributed by atoms with Crippen LogP contribution in [0.5, 0.6) is 0 Å². The number of benzene rings is 1. The van der Waals surface area contributed by atoms with Crippen LogP contribution in [0.25, 0.3) is 5.65 Å². The lowest BCUT2D eigenvalue weighted by atomic mass is 10.1. The van der Waals surface area contributed by atoms with Crippen molar-refractivity contribution in [3.8, 4) is 0 Å². The van der Waals surface area contributed by atoms with Crippen LogP contribution in [0.3, 0.4) is 0 Å². The largest absolute Gasteiger partial charge is 0.348 e. The first-order valence-electron chi connectivity index (χ1n) is 6.53. The fourth-order valence-corrected chi connectivity index (χ4v) is 2.27. The molecule has 0 spiro atoms. The van der Waals surface area contributed by atoms with Crippen LogP contribution in [0.15, 0.2) is 48.7 Å². The van der Waals surface area contributed by atoms with E-state index in [0.29, 0.717) is 17.4 Å². The molecule has 0 saturated heterocycles. The molecule has 1 amide bonds. The number of halogens is 1. The second-order valence-corrected chi connectivity index (χ2v) is 5.00. The minimum absolute atomic E-state index is 0.101. The number of carbonyl (C=O) groups excluding carboxylic acids is 1. The standard InChI is InChI=1S/C15H13ClN4O/c16-12-6-2-1-5-11(12)9-15(21)17-10-14-19-18-13-7-3-4-8-20(13)14/h1-8H,9-10H2,(H,17,21). The highest BCUT2D eigenvalue weighted by Gasteiger charge is 2.09. The maximum absolute atomic E-state index is 12.0. The molecule has 0 saturated carbocycles. The number of fused-ring (bicyclic) bond motifs is 1. The molecule has 3 aromatic rings. The Hall–Kier alpha value is -2.40. The molecule has 0 aliphatic heterocycles. The van der Waals surface area contributed by atoms with Gasteiger partial charge in [0.15, 0.2) is 11.5 Å². The molecule has 3 rings (SSSR count). The zero-order valence-corrected chi connectivity index (χ0v) is 11.9. The third-order valence-electron chi connectivity index (χ3n) is 3.14. The number of carbonyl (C=O) groups is 1. The summed E-state index contributed by atoms with van der Waals surface area (Å²) in [6, 6.07) is 13.0. The van der Waals surface area contributed by atoms with E-state index in [1.807, 2.05) is 47.0 Å². The number of pyridine rings is 1. The maximum Gasteiger partial charge on any atom is 0.224 e. The Morgan fingerprint density at radius 1 is 1.14 bits per heavy atom. The normalized spacial score (nSPS) is 10.7. The van der Waals surface area contributed by atoms with Gasteiger partial charge in [-0.05, 0) is 23.8 Å². The summed E-state index contributed by atoms with van der Waals surface area (Å²) in [6.07, 6.45) is 2.11. The summed E-state index contributed by atoms with van der Waals surface area (Å²) in [4.78, 5) is 12.0. The van der Waals surface area contributed by atoms with Crippen molar-refractivity contribution in [2.45, 2.75) is 13.0 Å². The average Bonchev–Trinajstić information content (AvgIpc) is 2.91. The summed E-state index contributed by atoms with van der Waals surface area (Å²) in [5, 5.41) is 11.5. The first-order valence-corrected chi connectivity index (χ1v) is 6.90. The van der Waals surface area contributed by atoms with Crippen molar-refractivity contribution in [3.63, 3.8) is 0 Å². The number of aromatic nitrogens is 3. The molecule has 6 heteroatoms. The van der Waals surface area contributed by atoms with E-state index >= 15 is 0 Å². The molecule has 0 unspecified atom stereocenters. The van der Waals surface area contributed by atoms with Gasteiger partial charge in [-0.25, -0.2) is 0 Å². The van der Waals surface area contributed by atoms with Crippen molar-refractivity contribution in [2.75, 3.05) is 0 Å². The Balaban J connectivity index is 1.65. The van der Waals surface area contributed by atoms with Crippen LogP contribution in [0, 0.1) is 0 Å². The predicted molar refractivity (Wildman–Crippen MR) is 80.0 cm³/mol. The molecule has 0 aliphatic rings. The van der Waals surface area contributed by atoms with Crippen molar-refractivity contribution in [1.82, 2.24) is 19.9 Å². The van der Waals surface area contributed by atoms with Crippen LogP contribution in [-0.4, -0.2) is 20.5 Å². The fraction of sp³-hybridized carbons (Fsp3) is 0.133. The summed E-state index contributed by atoms with van der Waals surface area (Å²) in [6.45, 7) is 0.328. The van der Waals surface area contributed by atoms with Gasteiger partial charge in [0, 0.05) is 11.2 Å². The molecule has 1 aromatic carbocycles. The van der Waals surface area contributed by atoms with Gasteiger partial charge in [0.1, 0.15) is 0 Å². The van der Waals surface area contributed by atoms with Gasteiger partial charge in [-0.1, -0.05) is 35.9 Å². The van der Waals surface area contributed by atoms with Crippen molar-refractivity contribution in [1.29, 1.82) is 0 Å². The van der Waals surface area contributed by atoms with E-state index in [4.69, 9.17) is 11.6 Å². The van der Waals surface area contributed by atoms with E-state index in [1.165, 1.54) is 0 Å². The molecule has 0 aliphatic carbocycles. The summed E-state index contributed by atoms with van der Waals surface area (Å²) in [5.74, 6) is 0.592. The third kappa shape index (κ3) is 3.03. The molecular weight excluding hydrogens is 288 g/mol. The van der Waals surface area contributed by atoms with E-state index in [1.54, 1.807) is 6.07 Å². The molecule has 106 valence electrons. The monoisotopic (exact) mass is 300 g/mol. The third-order valence-corrected chi connectivity index (χ3v) is 3.51. The van der Waals surface area contributed by atoms with Gasteiger partial charge in [-0.3, -0.25) is 9.20 Å². The molecular formula is C15H13ClN4O. The second kappa shape index (κ2) is 5.93. The van der Waals surface area contributed by atoms with Gasteiger partial charge >= 0.3 is 0 Å². The molecule has 1 N–H and O–H groups in total. The average molecular weight is 301 g/mol. The van der Waals surface area contributed by atoms with E-state index < -0.39 is 0 Å². The van der Waals surface area contributed by atoms with E-state index in [9.17, 15) is 4.79 Å². The summed E-state index contributed by atoms with van der Waals surface area (Å²) in [7, 11) is 0. The lowest BCUT2D eigenvalue weighted by molar-refractivity contribution is -0.120. The Morgan fingerprint density at radius 3 is 2.81 bits per heavy atom. The van der Waals surface area contributed by atoms with Crippen LogP contribution in [-0.2, 0) is 17.8 Å². The highest BCUT2D eigenvalue weighted by atomic mass is 35.5. The lowest BCUT2D eigenvalue weighted by Gasteiger charge is -2.05. The van der Waals surface area contributed by atoms with Crippen LogP contribution in [0.2, 0.25) is 5.02 Å². The van der Waals surface area contributed by atoms with Gasteiger partial charge in [-0.2, -0.15) is 0 Å². The minimum Gasteiger partial charge on any atom is -0.348 e. The van der Waals surface area contributed by atoms with Crippen LogP contribution in [0.4, 0.5) is 0 Å². The zero-order valence-electron chi connectivity index (χ0n) is 11.2. The van der Waals surface area contributed by atoms with Crippen molar-refractivity contribution in [2.24, 2.45) is 0 Å². The van der Waals surface area contributed by atoms with Crippen LogP contribution < -0.4 is 5.32 Å². The molecule has 0 radical (unpaired) electrons. The van der Waals surface area contributed by atoms with Crippen molar-refractivity contribution >= 4 is 23.2 Å². The molecule has 0 bridgehead atoms. The van der Waals surface area contributed by atoms with Crippen molar-refractivity contribution in [3.05, 3.63) is 65.1 Å². The van der Waals surface area contributed by atoms with Gasteiger partial charge in [0.25, 0.3) is 0 Å². The maximum atomic E-state index is 12.0. The van der Waals surface area contributed by atoms with E-state index in [0.717, 1.165) is 11.2 Å². The number of nitrogens with one attached hydrogen (secondary N) is 1.